The summed E-state index contributed by atoms with van der Waals surface area (Å²) < 4.78 is 0. The first-order valence-corrected chi connectivity index (χ1v) is 6.10. The van der Waals surface area contributed by atoms with Crippen LogP contribution < -0.4 is 5.32 Å². The highest BCUT2D eigenvalue weighted by atomic mass is 35.5. The molecule has 2 aromatic carbocycles. The van der Waals surface area contributed by atoms with Gasteiger partial charge in [0.25, 0.3) is 0 Å². The predicted octanol–water partition coefficient (Wildman–Crippen LogP) is 4.38. The molecule has 0 fully saturated rings. The van der Waals surface area contributed by atoms with Crippen LogP contribution in [0.5, 0.6) is 0 Å². The first-order valence-electron chi connectivity index (χ1n) is 5.72. The van der Waals surface area contributed by atoms with Crippen LogP contribution in [0.25, 0.3) is 0 Å². The minimum absolute atomic E-state index is 0.122. The van der Waals surface area contributed by atoms with Gasteiger partial charge in [-0.3, -0.25) is 0 Å². The maximum atomic E-state index is 9.11. The molecule has 2 nitrogen and oxygen atoms in total. The molecule has 3 heteroatoms. The van der Waals surface area contributed by atoms with Crippen molar-refractivity contribution >= 4 is 17.3 Å². The molecule has 0 aromatic heterocycles. The van der Waals surface area contributed by atoms with Crippen molar-refractivity contribution in [1.29, 1.82) is 5.26 Å². The van der Waals surface area contributed by atoms with Gasteiger partial charge in [-0.15, -0.1) is 0 Å². The van der Waals surface area contributed by atoms with E-state index in [0.717, 1.165) is 5.69 Å². The van der Waals surface area contributed by atoms with E-state index in [-0.39, 0.29) is 6.04 Å². The van der Waals surface area contributed by atoms with Crippen molar-refractivity contribution < 1.29 is 0 Å². The zero-order valence-corrected chi connectivity index (χ0v) is 10.8. The van der Waals surface area contributed by atoms with E-state index in [9.17, 15) is 0 Å². The summed E-state index contributed by atoms with van der Waals surface area (Å²) in [6.45, 7) is 2.05. The molecule has 1 atom stereocenters. The molecular weight excluding hydrogens is 244 g/mol. The van der Waals surface area contributed by atoms with E-state index in [1.807, 2.05) is 42.5 Å². The topological polar surface area (TPSA) is 35.8 Å². The molecule has 1 N–H and O–H groups in total. The number of halogens is 1. The van der Waals surface area contributed by atoms with E-state index in [1.54, 1.807) is 6.07 Å². The Balaban J connectivity index is 2.25. The normalized spacial score (nSPS) is 11.6. The van der Waals surface area contributed by atoms with Crippen molar-refractivity contribution in [2.24, 2.45) is 0 Å². The van der Waals surface area contributed by atoms with Gasteiger partial charge in [0.15, 0.2) is 0 Å². The van der Waals surface area contributed by atoms with Crippen molar-refractivity contribution in [1.82, 2.24) is 0 Å². The Morgan fingerprint density at radius 2 is 1.83 bits per heavy atom. The van der Waals surface area contributed by atoms with Crippen LogP contribution in [0, 0.1) is 11.3 Å². The van der Waals surface area contributed by atoms with Crippen molar-refractivity contribution in [3.63, 3.8) is 0 Å². The number of benzene rings is 2. The lowest BCUT2D eigenvalue weighted by Gasteiger charge is -2.17. The maximum absolute atomic E-state index is 9.11. The van der Waals surface area contributed by atoms with Crippen molar-refractivity contribution in [2.75, 3.05) is 5.32 Å². The Labute approximate surface area is 112 Å². The largest absolute Gasteiger partial charge is 0.377 e. The Morgan fingerprint density at radius 3 is 2.50 bits per heavy atom. The van der Waals surface area contributed by atoms with E-state index in [2.05, 4.69) is 18.3 Å². The molecule has 90 valence electrons. The lowest BCUT2D eigenvalue weighted by atomic mass is 10.1. The molecule has 0 aliphatic heterocycles. The standard InChI is InChI=1S/C15H13ClN2/c1-11(12-6-3-2-4-7-12)18-15-9-5-8-14(16)13(15)10-17/h2-9,11,18H,1H3. The van der Waals surface area contributed by atoms with E-state index in [4.69, 9.17) is 16.9 Å². The Hall–Kier alpha value is -1.98. The Bertz CT molecular complexity index is 573. The van der Waals surface area contributed by atoms with Crippen molar-refractivity contribution in [3.8, 4) is 6.07 Å². The second-order valence-corrected chi connectivity index (χ2v) is 4.46. The van der Waals surface area contributed by atoms with E-state index < -0.39 is 0 Å². The van der Waals surface area contributed by atoms with Crippen LogP contribution in [0.2, 0.25) is 5.02 Å². The fourth-order valence-electron chi connectivity index (χ4n) is 1.82. The predicted molar refractivity (Wildman–Crippen MR) is 74.6 cm³/mol. The minimum atomic E-state index is 0.122. The molecule has 0 radical (unpaired) electrons. The zero-order chi connectivity index (χ0) is 13.0. The van der Waals surface area contributed by atoms with Gasteiger partial charge in [0.05, 0.1) is 16.3 Å². The SMILES string of the molecule is CC(Nc1cccc(Cl)c1C#N)c1ccccc1. The molecule has 0 saturated carbocycles. The number of nitrogens with one attached hydrogen (secondary N) is 1. The van der Waals surface area contributed by atoms with E-state index in [0.29, 0.717) is 10.6 Å². The van der Waals surface area contributed by atoms with Gasteiger partial charge in [0, 0.05) is 6.04 Å². The fourth-order valence-corrected chi connectivity index (χ4v) is 2.03. The van der Waals surface area contributed by atoms with Crippen LogP contribution >= 0.6 is 11.6 Å². The fraction of sp³-hybridized carbons (Fsp3) is 0.133. The summed E-state index contributed by atoms with van der Waals surface area (Å²) in [6, 6.07) is 17.7. The van der Waals surface area contributed by atoms with E-state index in [1.165, 1.54) is 5.56 Å². The summed E-state index contributed by atoms with van der Waals surface area (Å²) in [7, 11) is 0. The van der Waals surface area contributed by atoms with Gasteiger partial charge in [-0.1, -0.05) is 48.0 Å². The lowest BCUT2D eigenvalue weighted by Crippen LogP contribution is -2.07. The summed E-state index contributed by atoms with van der Waals surface area (Å²) in [4.78, 5) is 0. The number of hydrogen-bond donors (Lipinski definition) is 1. The summed E-state index contributed by atoms with van der Waals surface area (Å²) in [5, 5.41) is 12.9. The summed E-state index contributed by atoms with van der Waals surface area (Å²) in [5.41, 5.74) is 2.42. The summed E-state index contributed by atoms with van der Waals surface area (Å²) in [5.74, 6) is 0. The van der Waals surface area contributed by atoms with Gasteiger partial charge in [0.2, 0.25) is 0 Å². The van der Waals surface area contributed by atoms with Gasteiger partial charge in [-0.05, 0) is 24.6 Å². The zero-order valence-electron chi connectivity index (χ0n) is 10.0. The summed E-state index contributed by atoms with van der Waals surface area (Å²) >= 11 is 6.00. The van der Waals surface area contributed by atoms with Gasteiger partial charge < -0.3 is 5.32 Å². The van der Waals surface area contributed by atoms with Gasteiger partial charge in [-0.2, -0.15) is 5.26 Å². The van der Waals surface area contributed by atoms with Gasteiger partial charge >= 0.3 is 0 Å². The molecule has 0 spiro atoms. The van der Waals surface area contributed by atoms with Crippen LogP contribution in [0.15, 0.2) is 48.5 Å². The third kappa shape index (κ3) is 2.64. The molecule has 0 aliphatic carbocycles. The molecule has 0 bridgehead atoms. The molecular formula is C15H13ClN2. The smallest absolute Gasteiger partial charge is 0.103 e. The van der Waals surface area contributed by atoms with Crippen molar-refractivity contribution in [3.05, 3.63) is 64.7 Å². The number of hydrogen-bond acceptors (Lipinski definition) is 2. The highest BCUT2D eigenvalue weighted by Crippen LogP contribution is 2.26. The van der Waals surface area contributed by atoms with Crippen LogP contribution in [-0.4, -0.2) is 0 Å². The monoisotopic (exact) mass is 256 g/mol. The number of nitrogens with zero attached hydrogens (tertiary/aromatic N) is 1. The van der Waals surface area contributed by atoms with Crippen molar-refractivity contribution in [2.45, 2.75) is 13.0 Å². The molecule has 2 aromatic rings. The molecule has 0 aliphatic rings. The minimum Gasteiger partial charge on any atom is -0.377 e. The highest BCUT2D eigenvalue weighted by molar-refractivity contribution is 6.32. The molecule has 0 amide bonds. The average Bonchev–Trinajstić information content (AvgIpc) is 2.40. The van der Waals surface area contributed by atoms with Gasteiger partial charge in [0.1, 0.15) is 6.07 Å². The molecule has 0 saturated heterocycles. The summed E-state index contributed by atoms with van der Waals surface area (Å²) in [6.07, 6.45) is 0. The number of anilines is 1. The molecule has 0 heterocycles. The number of rotatable bonds is 3. The third-order valence-corrected chi connectivity index (χ3v) is 3.11. The quantitative estimate of drug-likeness (QED) is 0.884. The average molecular weight is 257 g/mol. The second kappa shape index (κ2) is 5.57. The second-order valence-electron chi connectivity index (χ2n) is 4.05. The first-order chi connectivity index (χ1) is 8.72. The molecule has 18 heavy (non-hydrogen) atoms. The Morgan fingerprint density at radius 1 is 1.11 bits per heavy atom. The van der Waals surface area contributed by atoms with Crippen LogP contribution in [0.1, 0.15) is 24.1 Å². The Kier molecular flexibility index (Phi) is 3.86. The molecule has 2 rings (SSSR count). The van der Waals surface area contributed by atoms with Gasteiger partial charge in [-0.25, -0.2) is 0 Å². The van der Waals surface area contributed by atoms with Crippen LogP contribution in [0.3, 0.4) is 0 Å². The van der Waals surface area contributed by atoms with E-state index >= 15 is 0 Å². The van der Waals surface area contributed by atoms with Crippen LogP contribution in [-0.2, 0) is 0 Å². The third-order valence-electron chi connectivity index (χ3n) is 2.80. The number of nitriles is 1. The molecule has 1 unspecified atom stereocenters. The first kappa shape index (κ1) is 12.5. The highest BCUT2D eigenvalue weighted by Gasteiger charge is 2.10. The lowest BCUT2D eigenvalue weighted by molar-refractivity contribution is 0.884. The maximum Gasteiger partial charge on any atom is 0.103 e. The van der Waals surface area contributed by atoms with Crippen LogP contribution in [0.4, 0.5) is 5.69 Å².